The number of nitrogens with one attached hydrogen (secondary N) is 1. The molecule has 0 aliphatic heterocycles. The maximum Gasteiger partial charge on any atom is 0.242 e. The van der Waals surface area contributed by atoms with E-state index in [-0.39, 0.29) is 13.2 Å². The highest BCUT2D eigenvalue weighted by molar-refractivity contribution is 5.86. The molecule has 2 atom stereocenters. The third-order valence-corrected chi connectivity index (χ3v) is 2.46. The largest absolute Gasteiger partial charge is 0.394 e. The number of carbonyl (C=O) groups excluding carboxylic acids is 1. The molecule has 1 aromatic rings. The topological polar surface area (TPSA) is 82.3 Å². The number of nitrogens with zero attached hydrogens (tertiary/aromatic N) is 1. The van der Waals surface area contributed by atoms with Crippen molar-refractivity contribution in [2.75, 3.05) is 20.3 Å². The molecular weight excluding hydrogens is 232 g/mol. The fourth-order valence-corrected chi connectivity index (χ4v) is 1.56. The third kappa shape index (κ3) is 3.84. The van der Waals surface area contributed by atoms with E-state index in [1.807, 2.05) is 12.1 Å². The summed E-state index contributed by atoms with van der Waals surface area (Å²) < 4.78 is 4.86. The van der Waals surface area contributed by atoms with Crippen molar-refractivity contribution in [3.63, 3.8) is 0 Å². The number of carbonyl (C=O) groups is 1. The zero-order chi connectivity index (χ0) is 13.4. The van der Waals surface area contributed by atoms with Crippen molar-refractivity contribution in [2.45, 2.75) is 12.0 Å². The quantitative estimate of drug-likeness (QED) is 0.764. The maximum atomic E-state index is 11.9. The molecule has 0 aliphatic rings. The Bertz CT molecular complexity index is 414. The van der Waals surface area contributed by atoms with Gasteiger partial charge in [-0.2, -0.15) is 5.26 Å². The zero-order valence-electron chi connectivity index (χ0n) is 10.2. The van der Waals surface area contributed by atoms with Crippen molar-refractivity contribution < 1.29 is 14.6 Å². The second kappa shape index (κ2) is 7.43. The van der Waals surface area contributed by atoms with E-state index in [4.69, 9.17) is 15.1 Å². The number of ether oxygens (including phenoxy) is 1. The molecule has 0 radical (unpaired) electrons. The summed E-state index contributed by atoms with van der Waals surface area (Å²) >= 11 is 0. The van der Waals surface area contributed by atoms with Gasteiger partial charge in [0.25, 0.3) is 0 Å². The first kappa shape index (κ1) is 14.2. The summed E-state index contributed by atoms with van der Waals surface area (Å²) in [5.74, 6) is -1.31. The highest BCUT2D eigenvalue weighted by Crippen LogP contribution is 2.14. The highest BCUT2D eigenvalue weighted by atomic mass is 16.5. The van der Waals surface area contributed by atoms with Crippen molar-refractivity contribution >= 4 is 5.91 Å². The molecule has 0 bridgehead atoms. The summed E-state index contributed by atoms with van der Waals surface area (Å²) in [4.78, 5) is 11.9. The van der Waals surface area contributed by atoms with E-state index in [2.05, 4.69) is 5.32 Å². The molecule has 0 saturated heterocycles. The van der Waals surface area contributed by atoms with E-state index < -0.39 is 17.9 Å². The predicted octanol–water partition coefficient (Wildman–Crippen LogP) is 0.417. The zero-order valence-corrected chi connectivity index (χ0v) is 10.2. The normalized spacial score (nSPS) is 13.4. The average molecular weight is 248 g/mol. The van der Waals surface area contributed by atoms with Crippen molar-refractivity contribution in [1.82, 2.24) is 5.32 Å². The van der Waals surface area contributed by atoms with Gasteiger partial charge < -0.3 is 15.2 Å². The summed E-state index contributed by atoms with van der Waals surface area (Å²) in [7, 11) is 1.48. The third-order valence-electron chi connectivity index (χ3n) is 2.46. The average Bonchev–Trinajstić information content (AvgIpc) is 2.40. The fourth-order valence-electron chi connectivity index (χ4n) is 1.56. The number of amides is 1. The second-order valence-corrected chi connectivity index (χ2v) is 3.82. The molecule has 1 aromatic carbocycles. The van der Waals surface area contributed by atoms with Crippen LogP contribution in [-0.2, 0) is 9.53 Å². The van der Waals surface area contributed by atoms with Gasteiger partial charge in [-0.05, 0) is 5.56 Å². The Morgan fingerprint density at radius 3 is 2.67 bits per heavy atom. The van der Waals surface area contributed by atoms with Gasteiger partial charge in [-0.1, -0.05) is 30.3 Å². The van der Waals surface area contributed by atoms with Crippen molar-refractivity contribution in [1.29, 1.82) is 5.26 Å². The summed E-state index contributed by atoms with van der Waals surface area (Å²) in [6, 6.07) is 10.3. The van der Waals surface area contributed by atoms with Crippen LogP contribution in [0.25, 0.3) is 0 Å². The van der Waals surface area contributed by atoms with Crippen LogP contribution >= 0.6 is 0 Å². The summed E-state index contributed by atoms with van der Waals surface area (Å²) in [5, 5.41) is 20.7. The van der Waals surface area contributed by atoms with Gasteiger partial charge in [-0.15, -0.1) is 0 Å². The molecule has 2 unspecified atom stereocenters. The van der Waals surface area contributed by atoms with Gasteiger partial charge in [-0.3, -0.25) is 4.79 Å². The lowest BCUT2D eigenvalue weighted by Gasteiger charge is -2.17. The molecule has 0 heterocycles. The minimum absolute atomic E-state index is 0.204. The van der Waals surface area contributed by atoms with Gasteiger partial charge in [0, 0.05) is 7.11 Å². The number of hydrogen-bond donors (Lipinski definition) is 2. The molecule has 1 amide bonds. The first-order valence-corrected chi connectivity index (χ1v) is 5.57. The van der Waals surface area contributed by atoms with Crippen LogP contribution in [0.2, 0.25) is 0 Å². The SMILES string of the molecule is COCC(CO)NC(=O)C(C#N)c1ccccc1. The van der Waals surface area contributed by atoms with Crippen molar-refractivity contribution in [3.05, 3.63) is 35.9 Å². The van der Waals surface area contributed by atoms with Gasteiger partial charge in [0.15, 0.2) is 0 Å². The predicted molar refractivity (Wildman–Crippen MR) is 65.7 cm³/mol. The Morgan fingerprint density at radius 2 is 2.17 bits per heavy atom. The minimum Gasteiger partial charge on any atom is -0.394 e. The van der Waals surface area contributed by atoms with E-state index in [9.17, 15) is 4.79 Å². The fraction of sp³-hybridized carbons (Fsp3) is 0.385. The van der Waals surface area contributed by atoms with Gasteiger partial charge in [0.05, 0.1) is 25.3 Å². The van der Waals surface area contributed by atoms with Crippen LogP contribution in [0.4, 0.5) is 0 Å². The van der Waals surface area contributed by atoms with E-state index in [0.29, 0.717) is 5.56 Å². The van der Waals surface area contributed by atoms with Crippen LogP contribution in [-0.4, -0.2) is 37.4 Å². The van der Waals surface area contributed by atoms with Crippen LogP contribution < -0.4 is 5.32 Å². The lowest BCUT2D eigenvalue weighted by molar-refractivity contribution is -0.122. The minimum atomic E-state index is -0.878. The van der Waals surface area contributed by atoms with Crippen LogP contribution in [0.15, 0.2) is 30.3 Å². The molecule has 2 N–H and O–H groups in total. The lowest BCUT2D eigenvalue weighted by atomic mass is 9.99. The number of aliphatic hydroxyl groups excluding tert-OH is 1. The molecule has 18 heavy (non-hydrogen) atoms. The summed E-state index contributed by atoms with van der Waals surface area (Å²) in [6.45, 7) is -0.0261. The molecule has 5 nitrogen and oxygen atoms in total. The number of benzene rings is 1. The van der Waals surface area contributed by atoms with Crippen LogP contribution in [0.3, 0.4) is 0 Å². The first-order valence-electron chi connectivity index (χ1n) is 5.57. The molecule has 0 spiro atoms. The maximum absolute atomic E-state index is 11.9. The summed E-state index contributed by atoms with van der Waals surface area (Å²) in [5.41, 5.74) is 0.631. The molecule has 1 rings (SSSR count). The first-order chi connectivity index (χ1) is 8.72. The molecule has 0 saturated carbocycles. The number of rotatable bonds is 6. The molecular formula is C13H16N2O3. The molecule has 0 aromatic heterocycles. The lowest BCUT2D eigenvalue weighted by Crippen LogP contribution is -2.42. The van der Waals surface area contributed by atoms with Gasteiger partial charge >= 0.3 is 0 Å². The smallest absolute Gasteiger partial charge is 0.242 e. The van der Waals surface area contributed by atoms with Crippen LogP contribution in [0, 0.1) is 11.3 Å². The molecule has 96 valence electrons. The van der Waals surface area contributed by atoms with E-state index in [1.54, 1.807) is 24.3 Å². The van der Waals surface area contributed by atoms with E-state index in [1.165, 1.54) is 7.11 Å². The molecule has 0 aliphatic carbocycles. The number of hydrogen-bond acceptors (Lipinski definition) is 4. The van der Waals surface area contributed by atoms with Gasteiger partial charge in [0.2, 0.25) is 5.91 Å². The van der Waals surface area contributed by atoms with Crippen LogP contribution in [0.5, 0.6) is 0 Å². The Morgan fingerprint density at radius 1 is 1.50 bits per heavy atom. The van der Waals surface area contributed by atoms with Gasteiger partial charge in [0.1, 0.15) is 5.92 Å². The Balaban J connectivity index is 2.72. The number of aliphatic hydroxyl groups is 1. The van der Waals surface area contributed by atoms with E-state index >= 15 is 0 Å². The molecule has 0 fully saturated rings. The molecule has 5 heteroatoms. The van der Waals surface area contributed by atoms with E-state index in [0.717, 1.165) is 0 Å². The van der Waals surface area contributed by atoms with Crippen molar-refractivity contribution in [2.24, 2.45) is 0 Å². The highest BCUT2D eigenvalue weighted by Gasteiger charge is 2.22. The number of methoxy groups -OCH3 is 1. The number of nitriles is 1. The van der Waals surface area contributed by atoms with Crippen molar-refractivity contribution in [3.8, 4) is 6.07 Å². The van der Waals surface area contributed by atoms with Crippen LogP contribution in [0.1, 0.15) is 11.5 Å². The van der Waals surface area contributed by atoms with Gasteiger partial charge in [-0.25, -0.2) is 0 Å². The Kier molecular flexibility index (Phi) is 5.85. The standard InChI is InChI=1S/C13H16N2O3/c1-18-9-11(8-16)15-13(17)12(7-14)10-5-3-2-4-6-10/h2-6,11-12,16H,8-9H2,1H3,(H,15,17). The Labute approximate surface area is 106 Å². The summed E-state index contributed by atoms with van der Waals surface area (Å²) in [6.07, 6.45) is 0. The second-order valence-electron chi connectivity index (χ2n) is 3.82. The Hall–Kier alpha value is -1.90. The monoisotopic (exact) mass is 248 g/mol.